The molecule has 6 aromatic rings. The second-order valence-corrected chi connectivity index (χ2v) is 13.3. The Hall–Kier alpha value is -5.56. The van der Waals surface area contributed by atoms with Crippen LogP contribution in [0, 0.1) is 0 Å². The van der Waals surface area contributed by atoms with E-state index in [1.807, 2.05) is 0 Å². The first kappa shape index (κ1) is 41.1. The Labute approximate surface area is 319 Å². The van der Waals surface area contributed by atoms with E-state index in [9.17, 15) is 52.7 Å². The molecule has 0 amide bonds. The summed E-state index contributed by atoms with van der Waals surface area (Å²) in [7, 11) is 0. The van der Waals surface area contributed by atoms with Gasteiger partial charge < -0.3 is 4.74 Å². The Kier molecular flexibility index (Phi) is 11.1. The summed E-state index contributed by atoms with van der Waals surface area (Å²) in [4.78, 5) is 0. The number of alkyl halides is 12. The fraction of sp³-hybridized carbons (Fsp3) is 0.182. The van der Waals surface area contributed by atoms with Gasteiger partial charge in [0.05, 0.1) is 34.5 Å². The summed E-state index contributed by atoms with van der Waals surface area (Å²) >= 11 is 0. The number of benzene rings is 6. The van der Waals surface area contributed by atoms with Crippen molar-refractivity contribution in [2.75, 3.05) is 0 Å². The van der Waals surface area contributed by atoms with Crippen LogP contribution in [0.1, 0.15) is 59.4 Å². The van der Waals surface area contributed by atoms with Gasteiger partial charge in [-0.2, -0.15) is 52.7 Å². The summed E-state index contributed by atoms with van der Waals surface area (Å²) in [5.74, 6) is 0. The molecule has 0 spiro atoms. The lowest BCUT2D eigenvalue weighted by molar-refractivity contribution is -0.137. The summed E-state index contributed by atoms with van der Waals surface area (Å²) < 4.78 is 177. The van der Waals surface area contributed by atoms with E-state index in [-0.39, 0.29) is 55.6 Å². The maximum absolute atomic E-state index is 14.2. The normalized spacial score (nSPS) is 13.7. The zero-order chi connectivity index (χ0) is 41.5. The number of halogens is 12. The zero-order valence-corrected chi connectivity index (χ0v) is 29.8. The molecule has 57 heavy (non-hydrogen) atoms. The Morgan fingerprint density at radius 3 is 0.754 bits per heavy atom. The second-order valence-electron chi connectivity index (χ2n) is 13.3. The first-order chi connectivity index (χ1) is 26.6. The van der Waals surface area contributed by atoms with Crippen LogP contribution in [0.2, 0.25) is 0 Å². The maximum Gasteiger partial charge on any atom is 0.417 e. The first-order valence-corrected chi connectivity index (χ1v) is 17.2. The predicted molar refractivity (Wildman–Crippen MR) is 193 cm³/mol. The minimum Gasteiger partial charge on any atom is -0.366 e. The highest BCUT2D eigenvalue weighted by Crippen LogP contribution is 2.45. The summed E-state index contributed by atoms with van der Waals surface area (Å²) in [6.07, 6.45) is -21.5. The molecule has 0 aromatic heterocycles. The highest BCUT2D eigenvalue weighted by Gasteiger charge is 2.37. The third-order valence-electron chi connectivity index (χ3n) is 9.43. The van der Waals surface area contributed by atoms with Crippen LogP contribution in [0.4, 0.5) is 52.7 Å². The van der Waals surface area contributed by atoms with E-state index in [4.69, 9.17) is 4.74 Å². The number of ether oxygens (including phenoxy) is 1. The van der Waals surface area contributed by atoms with Crippen molar-refractivity contribution in [1.82, 2.24) is 0 Å². The summed E-state index contributed by atoms with van der Waals surface area (Å²) in [6.45, 7) is 2.96. The molecule has 0 aliphatic rings. The number of rotatable bonds is 8. The van der Waals surface area contributed by atoms with Crippen LogP contribution in [0.25, 0.3) is 44.5 Å². The van der Waals surface area contributed by atoms with Gasteiger partial charge in [0.25, 0.3) is 0 Å². The van der Waals surface area contributed by atoms with Crippen LogP contribution in [-0.2, 0) is 29.4 Å². The van der Waals surface area contributed by atoms with Gasteiger partial charge in [-0.05, 0) is 130 Å². The SMILES string of the molecule is CC(OC(C)c1cc(-c2ccccc2C(F)(F)F)cc(-c2ccccc2C(F)(F)F)c1)c1cc(-c2ccccc2C(F)(F)F)cc(-c2ccccc2C(F)(F)F)c1. The van der Waals surface area contributed by atoms with Crippen molar-refractivity contribution in [3.63, 3.8) is 0 Å². The van der Waals surface area contributed by atoms with E-state index in [1.165, 1.54) is 123 Å². The fourth-order valence-electron chi connectivity index (χ4n) is 6.79. The summed E-state index contributed by atoms with van der Waals surface area (Å²) in [5, 5.41) is 0. The Balaban J connectivity index is 1.50. The molecule has 6 rings (SSSR count). The lowest BCUT2D eigenvalue weighted by atomic mass is 9.90. The third kappa shape index (κ3) is 9.04. The molecule has 0 N–H and O–H groups in total. The van der Waals surface area contributed by atoms with Crippen molar-refractivity contribution in [2.45, 2.75) is 50.8 Å². The lowest BCUT2D eigenvalue weighted by Crippen LogP contribution is -2.10. The van der Waals surface area contributed by atoms with E-state index < -0.39 is 59.2 Å². The Bertz CT molecular complexity index is 2070. The van der Waals surface area contributed by atoms with Gasteiger partial charge in [-0.1, -0.05) is 72.8 Å². The van der Waals surface area contributed by atoms with Gasteiger partial charge in [0, 0.05) is 0 Å². The molecule has 0 bridgehead atoms. The van der Waals surface area contributed by atoms with Crippen molar-refractivity contribution < 1.29 is 57.4 Å². The fourth-order valence-corrected chi connectivity index (χ4v) is 6.79. The molecule has 0 saturated carbocycles. The largest absolute Gasteiger partial charge is 0.417 e. The van der Waals surface area contributed by atoms with Crippen molar-refractivity contribution in [3.8, 4) is 44.5 Å². The van der Waals surface area contributed by atoms with E-state index in [1.54, 1.807) is 0 Å². The van der Waals surface area contributed by atoms with Crippen LogP contribution in [0.5, 0.6) is 0 Å². The molecule has 0 aliphatic carbocycles. The molecule has 0 radical (unpaired) electrons. The summed E-state index contributed by atoms with van der Waals surface area (Å²) in [5.41, 5.74) is -5.45. The molecule has 6 aromatic carbocycles. The predicted octanol–water partition coefficient (Wildman–Crippen LogP) is 15.3. The minimum absolute atomic E-state index is 0.0766. The molecule has 1 nitrogen and oxygen atoms in total. The molecular weight excluding hydrogens is 772 g/mol. The molecule has 296 valence electrons. The van der Waals surface area contributed by atoms with Gasteiger partial charge in [-0.15, -0.1) is 0 Å². The van der Waals surface area contributed by atoms with E-state index in [2.05, 4.69) is 0 Å². The topological polar surface area (TPSA) is 9.23 Å². The smallest absolute Gasteiger partial charge is 0.366 e. The monoisotopic (exact) mass is 802 g/mol. The number of hydrogen-bond acceptors (Lipinski definition) is 1. The molecule has 2 unspecified atom stereocenters. The molecule has 13 heteroatoms. The van der Waals surface area contributed by atoms with E-state index >= 15 is 0 Å². The van der Waals surface area contributed by atoms with Crippen LogP contribution in [-0.4, -0.2) is 0 Å². The van der Waals surface area contributed by atoms with Crippen molar-refractivity contribution >= 4 is 0 Å². The van der Waals surface area contributed by atoms with Crippen molar-refractivity contribution in [2.24, 2.45) is 0 Å². The Morgan fingerprint density at radius 2 is 0.544 bits per heavy atom. The van der Waals surface area contributed by atoms with Crippen LogP contribution >= 0.6 is 0 Å². The van der Waals surface area contributed by atoms with E-state index in [0.717, 1.165) is 24.3 Å². The third-order valence-corrected chi connectivity index (χ3v) is 9.43. The van der Waals surface area contributed by atoms with Crippen LogP contribution in [0.3, 0.4) is 0 Å². The quantitative estimate of drug-likeness (QED) is 0.139. The molecule has 0 saturated heterocycles. The van der Waals surface area contributed by atoms with E-state index in [0.29, 0.717) is 0 Å². The maximum atomic E-state index is 14.2. The van der Waals surface area contributed by atoms with Crippen LogP contribution < -0.4 is 0 Å². The second kappa shape index (κ2) is 15.4. The summed E-state index contributed by atoms with van der Waals surface area (Å²) in [6, 6.07) is 25.9. The average Bonchev–Trinajstić information content (AvgIpc) is 3.16. The minimum atomic E-state index is -4.83. The van der Waals surface area contributed by atoms with Gasteiger partial charge in [-0.25, -0.2) is 0 Å². The zero-order valence-electron chi connectivity index (χ0n) is 29.8. The van der Waals surface area contributed by atoms with Gasteiger partial charge in [0.15, 0.2) is 0 Å². The molecule has 2 atom stereocenters. The molecule has 0 fully saturated rings. The van der Waals surface area contributed by atoms with Gasteiger partial charge in [-0.3, -0.25) is 0 Å². The number of hydrogen-bond donors (Lipinski definition) is 0. The Morgan fingerprint density at radius 1 is 0.333 bits per heavy atom. The van der Waals surface area contributed by atoms with Crippen molar-refractivity contribution in [1.29, 1.82) is 0 Å². The average molecular weight is 803 g/mol. The molecule has 0 heterocycles. The standard InChI is InChI=1S/C44H30F12O/c1-25(27-19-29(33-11-3-7-15-37(33)41(45,46)47)23-30(20-27)34-12-4-8-16-38(34)42(48,49)50)57-26(2)28-21-31(35-13-5-9-17-39(35)43(51,52)53)24-32(22-28)36-14-6-10-18-40(36)44(54,55)56/h3-26H,1-2H3. The van der Waals surface area contributed by atoms with Gasteiger partial charge >= 0.3 is 24.7 Å². The highest BCUT2D eigenvalue weighted by molar-refractivity contribution is 5.79. The first-order valence-electron chi connectivity index (χ1n) is 17.2. The van der Waals surface area contributed by atoms with Crippen molar-refractivity contribution in [3.05, 3.63) is 167 Å². The molecule has 0 aliphatic heterocycles. The van der Waals surface area contributed by atoms with Gasteiger partial charge in [0.1, 0.15) is 0 Å². The van der Waals surface area contributed by atoms with Crippen LogP contribution in [0.15, 0.2) is 133 Å². The molecular formula is C44H30F12O. The lowest BCUT2D eigenvalue weighted by Gasteiger charge is -2.24. The van der Waals surface area contributed by atoms with Gasteiger partial charge in [0.2, 0.25) is 0 Å². The highest BCUT2D eigenvalue weighted by atomic mass is 19.4.